The van der Waals surface area contributed by atoms with Gasteiger partial charge in [0.2, 0.25) is 0 Å². The van der Waals surface area contributed by atoms with Crippen molar-refractivity contribution in [3.8, 4) is 28.5 Å². The minimum Gasteiger partial charge on any atom is -0.494 e. The quantitative estimate of drug-likeness (QED) is 0.350. The van der Waals surface area contributed by atoms with Crippen LogP contribution in [0.5, 0.6) is 17.2 Å². The van der Waals surface area contributed by atoms with Crippen LogP contribution in [0, 0.1) is 5.82 Å². The van der Waals surface area contributed by atoms with E-state index in [9.17, 15) is 9.18 Å². The molecular formula is C26H27ClF2N2O5. The number of carbonyl (C=O) groups excluding carboxylic acids is 1. The van der Waals surface area contributed by atoms with Gasteiger partial charge in [-0.2, -0.15) is 0 Å². The lowest BCUT2D eigenvalue weighted by atomic mass is 10.0. The van der Waals surface area contributed by atoms with E-state index in [-0.39, 0.29) is 22.8 Å². The average molecular weight is 521 g/mol. The Bertz CT molecular complexity index is 1220. The van der Waals surface area contributed by atoms with Crippen molar-refractivity contribution < 1.29 is 32.5 Å². The van der Waals surface area contributed by atoms with Crippen LogP contribution < -0.4 is 19.5 Å². The minimum absolute atomic E-state index is 0.0542. The number of hydrogen-bond donors (Lipinski definition) is 1. The molecule has 3 aromatic rings. The Kier molecular flexibility index (Phi) is 9.06. The van der Waals surface area contributed by atoms with Gasteiger partial charge in [-0.1, -0.05) is 11.6 Å². The number of ether oxygens (including phenoxy) is 4. The number of aromatic nitrogens is 1. The number of rotatable bonds is 11. The summed E-state index contributed by atoms with van der Waals surface area (Å²) >= 11 is 5.91. The third-order valence-electron chi connectivity index (χ3n) is 5.36. The van der Waals surface area contributed by atoms with Crippen LogP contribution in [-0.2, 0) is 10.4 Å². The minimum atomic E-state index is -2.03. The first-order chi connectivity index (χ1) is 17.2. The van der Waals surface area contributed by atoms with Crippen molar-refractivity contribution in [2.24, 2.45) is 0 Å². The summed E-state index contributed by atoms with van der Waals surface area (Å²) in [5.41, 5.74) is -0.960. The standard InChI is InChI=1S/C26H27ClF2N2O5/c1-26(29,15-30-25(32)17-6-8-20(22(14-17)35-4)36-12-11-33-2)23-10-9-21(34-3)24(31-23)16-5-7-19(28)18(27)13-16/h5-10,13-14H,11-12,15H2,1-4H3,(H,30,32). The van der Waals surface area contributed by atoms with Crippen LogP contribution >= 0.6 is 11.6 Å². The number of amides is 1. The molecule has 0 aliphatic heterocycles. The lowest BCUT2D eigenvalue weighted by molar-refractivity contribution is 0.0907. The molecule has 0 aliphatic rings. The van der Waals surface area contributed by atoms with Gasteiger partial charge in [0.05, 0.1) is 38.1 Å². The molecular weight excluding hydrogens is 494 g/mol. The smallest absolute Gasteiger partial charge is 0.251 e. The molecule has 192 valence electrons. The van der Waals surface area contributed by atoms with E-state index >= 15 is 4.39 Å². The maximum atomic E-state index is 15.7. The van der Waals surface area contributed by atoms with Crippen LogP contribution in [0.2, 0.25) is 5.02 Å². The predicted molar refractivity (Wildman–Crippen MR) is 132 cm³/mol. The number of hydrogen-bond acceptors (Lipinski definition) is 6. The van der Waals surface area contributed by atoms with Crippen molar-refractivity contribution in [1.29, 1.82) is 0 Å². The van der Waals surface area contributed by atoms with Gasteiger partial charge in [-0.05, 0) is 55.5 Å². The molecule has 36 heavy (non-hydrogen) atoms. The molecule has 1 amide bonds. The highest BCUT2D eigenvalue weighted by atomic mass is 35.5. The maximum Gasteiger partial charge on any atom is 0.251 e. The molecule has 0 fully saturated rings. The number of nitrogens with zero attached hydrogens (tertiary/aromatic N) is 1. The molecule has 7 nitrogen and oxygen atoms in total. The second kappa shape index (κ2) is 12.0. The van der Waals surface area contributed by atoms with Crippen molar-refractivity contribution >= 4 is 17.5 Å². The Hall–Kier alpha value is -3.43. The highest BCUT2D eigenvalue weighted by Crippen LogP contribution is 2.34. The molecule has 1 N–H and O–H groups in total. The Morgan fingerprint density at radius 1 is 1.00 bits per heavy atom. The summed E-state index contributed by atoms with van der Waals surface area (Å²) in [6.45, 7) is 1.66. The van der Waals surface area contributed by atoms with Gasteiger partial charge >= 0.3 is 0 Å². The molecule has 0 bridgehead atoms. The summed E-state index contributed by atoms with van der Waals surface area (Å²) in [6, 6.07) is 11.7. The molecule has 1 atom stereocenters. The van der Waals surface area contributed by atoms with Crippen LogP contribution in [0.1, 0.15) is 23.0 Å². The first-order valence-electron chi connectivity index (χ1n) is 11.0. The molecule has 0 saturated heterocycles. The Labute approximate surface area is 213 Å². The third-order valence-corrected chi connectivity index (χ3v) is 5.65. The average Bonchev–Trinajstić information content (AvgIpc) is 2.88. The van der Waals surface area contributed by atoms with Crippen LogP contribution in [-0.4, -0.2) is 52.0 Å². The summed E-state index contributed by atoms with van der Waals surface area (Å²) in [4.78, 5) is 17.1. The van der Waals surface area contributed by atoms with E-state index in [1.165, 1.54) is 51.5 Å². The van der Waals surface area contributed by atoms with E-state index in [0.29, 0.717) is 41.7 Å². The summed E-state index contributed by atoms with van der Waals surface area (Å²) in [7, 11) is 4.47. The topological polar surface area (TPSA) is 78.9 Å². The fourth-order valence-corrected chi connectivity index (χ4v) is 3.53. The van der Waals surface area contributed by atoms with Gasteiger partial charge in [-0.15, -0.1) is 0 Å². The van der Waals surface area contributed by atoms with Crippen molar-refractivity contribution in [1.82, 2.24) is 10.3 Å². The van der Waals surface area contributed by atoms with E-state index < -0.39 is 17.4 Å². The second-order valence-electron chi connectivity index (χ2n) is 7.96. The fraction of sp³-hybridized carbons (Fsp3) is 0.308. The van der Waals surface area contributed by atoms with E-state index in [2.05, 4.69) is 10.3 Å². The van der Waals surface area contributed by atoms with Gasteiger partial charge in [-0.25, -0.2) is 13.8 Å². The lowest BCUT2D eigenvalue weighted by Crippen LogP contribution is -2.36. The number of methoxy groups -OCH3 is 3. The molecule has 1 aromatic heterocycles. The van der Waals surface area contributed by atoms with Gasteiger partial charge < -0.3 is 24.3 Å². The van der Waals surface area contributed by atoms with Gasteiger partial charge in [0.25, 0.3) is 5.91 Å². The Balaban J connectivity index is 1.77. The number of pyridine rings is 1. The van der Waals surface area contributed by atoms with Gasteiger partial charge in [0, 0.05) is 18.2 Å². The van der Waals surface area contributed by atoms with E-state index in [1.807, 2.05) is 0 Å². The predicted octanol–water partition coefficient (Wildman–Crippen LogP) is 5.20. The third kappa shape index (κ3) is 6.41. The molecule has 2 aromatic carbocycles. The molecule has 0 aliphatic carbocycles. The summed E-state index contributed by atoms with van der Waals surface area (Å²) in [5.74, 6) is 0.0964. The number of nitrogens with one attached hydrogen (secondary N) is 1. The van der Waals surface area contributed by atoms with E-state index in [1.54, 1.807) is 25.3 Å². The van der Waals surface area contributed by atoms with E-state index in [0.717, 1.165) is 0 Å². The Morgan fingerprint density at radius 3 is 2.39 bits per heavy atom. The maximum absolute atomic E-state index is 15.7. The van der Waals surface area contributed by atoms with Crippen LogP contribution in [0.15, 0.2) is 48.5 Å². The molecule has 1 heterocycles. The monoisotopic (exact) mass is 520 g/mol. The zero-order chi connectivity index (χ0) is 26.3. The summed E-state index contributed by atoms with van der Waals surface area (Å²) in [6.07, 6.45) is 0. The van der Waals surface area contributed by atoms with Crippen LogP contribution in [0.3, 0.4) is 0 Å². The van der Waals surface area contributed by atoms with Gasteiger partial charge in [0.15, 0.2) is 17.2 Å². The molecule has 1 unspecified atom stereocenters. The van der Waals surface area contributed by atoms with Crippen molar-refractivity contribution in [3.63, 3.8) is 0 Å². The first kappa shape index (κ1) is 27.2. The van der Waals surface area contributed by atoms with Crippen molar-refractivity contribution in [2.45, 2.75) is 12.6 Å². The van der Waals surface area contributed by atoms with Crippen molar-refractivity contribution in [3.05, 3.63) is 70.6 Å². The van der Waals surface area contributed by atoms with Crippen molar-refractivity contribution in [2.75, 3.05) is 41.1 Å². The number of halogens is 3. The lowest BCUT2D eigenvalue weighted by Gasteiger charge is -2.22. The van der Waals surface area contributed by atoms with E-state index in [4.69, 9.17) is 30.5 Å². The van der Waals surface area contributed by atoms with Gasteiger partial charge in [0.1, 0.15) is 23.9 Å². The van der Waals surface area contributed by atoms with Crippen LogP contribution in [0.4, 0.5) is 8.78 Å². The Morgan fingerprint density at radius 2 is 1.72 bits per heavy atom. The zero-order valence-electron chi connectivity index (χ0n) is 20.4. The molecule has 0 radical (unpaired) electrons. The summed E-state index contributed by atoms with van der Waals surface area (Å²) in [5, 5.41) is 2.50. The number of carbonyl (C=O) groups is 1. The first-order valence-corrected chi connectivity index (χ1v) is 11.4. The number of alkyl halides is 1. The molecule has 3 rings (SSSR count). The summed E-state index contributed by atoms with van der Waals surface area (Å²) < 4.78 is 50.5. The molecule has 0 saturated carbocycles. The van der Waals surface area contributed by atoms with Crippen LogP contribution in [0.25, 0.3) is 11.3 Å². The molecule has 0 spiro atoms. The highest BCUT2D eigenvalue weighted by molar-refractivity contribution is 6.31. The zero-order valence-corrected chi connectivity index (χ0v) is 21.1. The highest BCUT2D eigenvalue weighted by Gasteiger charge is 2.30. The second-order valence-corrected chi connectivity index (χ2v) is 8.37. The largest absolute Gasteiger partial charge is 0.494 e. The number of benzene rings is 2. The molecule has 10 heteroatoms. The van der Waals surface area contributed by atoms with Gasteiger partial charge in [-0.3, -0.25) is 4.79 Å². The SMILES string of the molecule is COCCOc1ccc(C(=O)NCC(C)(F)c2ccc(OC)c(-c3ccc(F)c(Cl)c3)n2)cc1OC. The normalized spacial score (nSPS) is 12.5. The fourth-order valence-electron chi connectivity index (χ4n) is 3.35.